The lowest BCUT2D eigenvalue weighted by Gasteiger charge is -2.42. The summed E-state index contributed by atoms with van der Waals surface area (Å²) in [6.07, 6.45) is 4.73. The molecule has 1 aromatic carbocycles. The maximum absolute atomic E-state index is 13.0. The first kappa shape index (κ1) is 17.7. The van der Waals surface area contributed by atoms with E-state index in [4.69, 9.17) is 9.47 Å². The molecule has 4 rings (SSSR count). The lowest BCUT2D eigenvalue weighted by Crippen LogP contribution is -2.55. The van der Waals surface area contributed by atoms with Crippen molar-refractivity contribution in [3.8, 4) is 5.75 Å². The largest absolute Gasteiger partial charge is 0.491 e. The minimum Gasteiger partial charge on any atom is -0.491 e. The van der Waals surface area contributed by atoms with E-state index in [0.717, 1.165) is 31.8 Å². The number of amides is 1. The van der Waals surface area contributed by atoms with Crippen molar-refractivity contribution in [2.45, 2.75) is 37.8 Å². The molecule has 2 heterocycles. The van der Waals surface area contributed by atoms with E-state index in [0.29, 0.717) is 24.9 Å². The van der Waals surface area contributed by atoms with Crippen LogP contribution in [0, 0.1) is 11.7 Å². The number of morpholine rings is 1. The number of carbonyl (C=O) groups excluding carboxylic acids is 1. The standard InChI is InChI=1S/C20H27FN2O3/c21-16-3-5-18(6-4-16)25-13-19-12-23(20(24)14-26-19)17-7-9-22(10-8-17)11-15-1-2-15/h3-6,15,17,19H,1-2,7-14H2. The molecule has 0 aromatic heterocycles. The van der Waals surface area contributed by atoms with Crippen LogP contribution in [0.1, 0.15) is 25.7 Å². The molecule has 0 spiro atoms. The van der Waals surface area contributed by atoms with Gasteiger partial charge in [-0.3, -0.25) is 4.79 Å². The Labute approximate surface area is 154 Å². The summed E-state index contributed by atoms with van der Waals surface area (Å²) < 4.78 is 24.3. The fourth-order valence-electron chi connectivity index (χ4n) is 3.90. The van der Waals surface area contributed by atoms with Gasteiger partial charge in [-0.05, 0) is 55.9 Å². The zero-order valence-corrected chi connectivity index (χ0v) is 15.1. The molecular weight excluding hydrogens is 335 g/mol. The van der Waals surface area contributed by atoms with E-state index in [-0.39, 0.29) is 24.4 Å². The van der Waals surface area contributed by atoms with Crippen molar-refractivity contribution in [1.82, 2.24) is 9.80 Å². The molecule has 26 heavy (non-hydrogen) atoms. The van der Waals surface area contributed by atoms with Crippen LogP contribution in [0.15, 0.2) is 24.3 Å². The average molecular weight is 362 g/mol. The summed E-state index contributed by atoms with van der Waals surface area (Å²) in [4.78, 5) is 16.9. The fraction of sp³-hybridized carbons (Fsp3) is 0.650. The molecule has 3 fully saturated rings. The van der Waals surface area contributed by atoms with Crippen molar-refractivity contribution in [2.75, 3.05) is 39.4 Å². The smallest absolute Gasteiger partial charge is 0.248 e. The third-order valence-corrected chi connectivity index (χ3v) is 5.62. The van der Waals surface area contributed by atoms with E-state index in [1.807, 2.05) is 4.90 Å². The molecule has 5 nitrogen and oxygen atoms in total. The number of rotatable bonds is 6. The van der Waals surface area contributed by atoms with Gasteiger partial charge in [0.25, 0.3) is 0 Å². The zero-order valence-electron chi connectivity index (χ0n) is 15.1. The maximum atomic E-state index is 13.0. The van der Waals surface area contributed by atoms with E-state index in [9.17, 15) is 9.18 Å². The Kier molecular flexibility index (Phi) is 5.41. The molecule has 0 radical (unpaired) electrons. The number of hydrogen-bond acceptors (Lipinski definition) is 4. The van der Waals surface area contributed by atoms with Crippen LogP contribution in [-0.2, 0) is 9.53 Å². The van der Waals surface area contributed by atoms with Gasteiger partial charge in [0.15, 0.2) is 0 Å². The van der Waals surface area contributed by atoms with Crippen LogP contribution in [0.3, 0.4) is 0 Å². The molecule has 6 heteroatoms. The van der Waals surface area contributed by atoms with Crippen molar-refractivity contribution in [3.05, 3.63) is 30.1 Å². The Morgan fingerprint density at radius 2 is 1.85 bits per heavy atom. The molecule has 2 saturated heterocycles. The van der Waals surface area contributed by atoms with Crippen molar-refractivity contribution < 1.29 is 18.7 Å². The van der Waals surface area contributed by atoms with E-state index in [1.54, 1.807) is 12.1 Å². The van der Waals surface area contributed by atoms with Crippen LogP contribution in [0.5, 0.6) is 5.75 Å². The van der Waals surface area contributed by atoms with E-state index in [1.165, 1.54) is 31.5 Å². The SMILES string of the molecule is O=C1COC(COc2ccc(F)cc2)CN1C1CCN(CC2CC2)CC1. The van der Waals surface area contributed by atoms with Gasteiger partial charge in [-0.15, -0.1) is 0 Å². The molecule has 2 aliphatic heterocycles. The Morgan fingerprint density at radius 3 is 2.54 bits per heavy atom. The van der Waals surface area contributed by atoms with Crippen LogP contribution >= 0.6 is 0 Å². The van der Waals surface area contributed by atoms with Crippen molar-refractivity contribution in [3.63, 3.8) is 0 Å². The Morgan fingerprint density at radius 1 is 1.12 bits per heavy atom. The van der Waals surface area contributed by atoms with Crippen molar-refractivity contribution in [1.29, 1.82) is 0 Å². The van der Waals surface area contributed by atoms with E-state index in [2.05, 4.69) is 4.90 Å². The van der Waals surface area contributed by atoms with Gasteiger partial charge in [0.1, 0.15) is 30.9 Å². The van der Waals surface area contributed by atoms with E-state index >= 15 is 0 Å². The van der Waals surface area contributed by atoms with Gasteiger partial charge in [0, 0.05) is 25.7 Å². The average Bonchev–Trinajstić information content (AvgIpc) is 3.47. The highest BCUT2D eigenvalue weighted by Gasteiger charge is 2.34. The van der Waals surface area contributed by atoms with Gasteiger partial charge in [-0.1, -0.05) is 0 Å². The number of nitrogens with zero attached hydrogens (tertiary/aromatic N) is 2. The Balaban J connectivity index is 1.26. The monoisotopic (exact) mass is 362 g/mol. The predicted octanol–water partition coefficient (Wildman–Crippen LogP) is 2.31. The number of halogens is 1. The molecule has 1 amide bonds. The number of ether oxygens (including phenoxy) is 2. The zero-order chi connectivity index (χ0) is 17.9. The highest BCUT2D eigenvalue weighted by molar-refractivity contribution is 5.78. The van der Waals surface area contributed by atoms with Crippen LogP contribution in [-0.4, -0.2) is 67.2 Å². The summed E-state index contributed by atoms with van der Waals surface area (Å²) in [7, 11) is 0. The lowest BCUT2D eigenvalue weighted by molar-refractivity contribution is -0.155. The molecular formula is C20H27FN2O3. The van der Waals surface area contributed by atoms with Gasteiger partial charge in [0.2, 0.25) is 5.91 Å². The van der Waals surface area contributed by atoms with E-state index < -0.39 is 0 Å². The first-order valence-corrected chi connectivity index (χ1v) is 9.69. The second-order valence-corrected chi connectivity index (χ2v) is 7.72. The molecule has 1 saturated carbocycles. The first-order chi connectivity index (χ1) is 12.7. The van der Waals surface area contributed by atoms with Crippen LogP contribution < -0.4 is 4.74 Å². The summed E-state index contributed by atoms with van der Waals surface area (Å²) in [5.41, 5.74) is 0. The molecule has 1 aliphatic carbocycles. The van der Waals surface area contributed by atoms with Crippen LogP contribution in [0.2, 0.25) is 0 Å². The molecule has 1 atom stereocenters. The number of piperidine rings is 1. The second-order valence-electron chi connectivity index (χ2n) is 7.72. The van der Waals surface area contributed by atoms with Gasteiger partial charge in [-0.2, -0.15) is 0 Å². The quantitative estimate of drug-likeness (QED) is 0.779. The number of benzene rings is 1. The minimum absolute atomic E-state index is 0.0867. The van der Waals surface area contributed by atoms with Crippen molar-refractivity contribution >= 4 is 5.91 Å². The molecule has 1 unspecified atom stereocenters. The van der Waals surface area contributed by atoms with Gasteiger partial charge < -0.3 is 19.3 Å². The third-order valence-electron chi connectivity index (χ3n) is 5.62. The molecule has 0 bridgehead atoms. The summed E-state index contributed by atoms with van der Waals surface area (Å²) in [5.74, 6) is 1.34. The summed E-state index contributed by atoms with van der Waals surface area (Å²) in [5, 5.41) is 0. The lowest BCUT2D eigenvalue weighted by atomic mass is 10.0. The molecule has 0 N–H and O–H groups in total. The first-order valence-electron chi connectivity index (χ1n) is 9.69. The molecule has 3 aliphatic rings. The fourth-order valence-corrected chi connectivity index (χ4v) is 3.90. The second kappa shape index (κ2) is 7.92. The van der Waals surface area contributed by atoms with Gasteiger partial charge in [0.05, 0.1) is 6.54 Å². The predicted molar refractivity (Wildman–Crippen MR) is 95.5 cm³/mol. The van der Waals surface area contributed by atoms with Gasteiger partial charge in [-0.25, -0.2) is 4.39 Å². The highest BCUT2D eigenvalue weighted by atomic mass is 19.1. The van der Waals surface area contributed by atoms with Crippen LogP contribution in [0.4, 0.5) is 4.39 Å². The highest BCUT2D eigenvalue weighted by Crippen LogP contribution is 2.31. The summed E-state index contributed by atoms with van der Waals surface area (Å²) in [6.45, 7) is 4.48. The number of carbonyl (C=O) groups is 1. The summed E-state index contributed by atoms with van der Waals surface area (Å²) >= 11 is 0. The van der Waals surface area contributed by atoms with Gasteiger partial charge >= 0.3 is 0 Å². The molecule has 142 valence electrons. The van der Waals surface area contributed by atoms with Crippen LogP contribution in [0.25, 0.3) is 0 Å². The van der Waals surface area contributed by atoms with Crippen molar-refractivity contribution in [2.24, 2.45) is 5.92 Å². The minimum atomic E-state index is -0.281. The number of likely N-dealkylation sites (tertiary alicyclic amines) is 1. The maximum Gasteiger partial charge on any atom is 0.248 e. The summed E-state index contributed by atoms with van der Waals surface area (Å²) in [6, 6.07) is 6.29. The molecule has 1 aromatic rings. The third kappa shape index (κ3) is 4.54. The topological polar surface area (TPSA) is 42.0 Å². The number of hydrogen-bond donors (Lipinski definition) is 0. The Hall–Kier alpha value is -1.66. The normalized spacial score (nSPS) is 25.5. The Bertz CT molecular complexity index is 612.